The van der Waals surface area contributed by atoms with Crippen molar-refractivity contribution >= 4 is 23.4 Å². The van der Waals surface area contributed by atoms with E-state index in [1.807, 2.05) is 0 Å². The molecule has 0 spiro atoms. The molecule has 0 fully saturated rings. The fourth-order valence-corrected chi connectivity index (χ4v) is 1.51. The Labute approximate surface area is 107 Å². The molecule has 1 aromatic carbocycles. The SMILES string of the molecule is O=C(O)CC(=O)c1cc(-c2ccc(Cl)cc2)no1. The molecular weight excluding hydrogens is 258 g/mol. The van der Waals surface area contributed by atoms with Gasteiger partial charge in [0.15, 0.2) is 0 Å². The zero-order valence-electron chi connectivity index (χ0n) is 9.09. The first-order chi connectivity index (χ1) is 8.56. The maximum atomic E-state index is 11.4. The van der Waals surface area contributed by atoms with Gasteiger partial charge in [-0.15, -0.1) is 0 Å². The molecule has 0 saturated heterocycles. The van der Waals surface area contributed by atoms with Gasteiger partial charge >= 0.3 is 5.97 Å². The van der Waals surface area contributed by atoms with E-state index in [0.717, 1.165) is 5.56 Å². The summed E-state index contributed by atoms with van der Waals surface area (Å²) in [6.45, 7) is 0. The number of nitrogens with zero attached hydrogens (tertiary/aromatic N) is 1. The zero-order valence-corrected chi connectivity index (χ0v) is 9.85. The van der Waals surface area contributed by atoms with Crippen LogP contribution in [0.2, 0.25) is 5.02 Å². The first-order valence-electron chi connectivity index (χ1n) is 5.04. The van der Waals surface area contributed by atoms with Gasteiger partial charge in [0.2, 0.25) is 11.5 Å². The van der Waals surface area contributed by atoms with Crippen LogP contribution in [0, 0.1) is 0 Å². The Kier molecular flexibility index (Phi) is 3.43. The molecule has 1 aromatic heterocycles. The molecule has 0 bridgehead atoms. The molecule has 0 unspecified atom stereocenters. The van der Waals surface area contributed by atoms with Crippen molar-refractivity contribution < 1.29 is 19.2 Å². The Morgan fingerprint density at radius 2 is 1.94 bits per heavy atom. The number of hydrogen-bond acceptors (Lipinski definition) is 4. The second kappa shape index (κ2) is 5.01. The molecule has 2 rings (SSSR count). The highest BCUT2D eigenvalue weighted by atomic mass is 35.5. The molecule has 5 nitrogen and oxygen atoms in total. The van der Waals surface area contributed by atoms with Crippen LogP contribution in [0.25, 0.3) is 11.3 Å². The monoisotopic (exact) mass is 265 g/mol. The Bertz CT molecular complexity index is 588. The van der Waals surface area contributed by atoms with Crippen LogP contribution in [0.1, 0.15) is 17.0 Å². The number of hydrogen-bond donors (Lipinski definition) is 1. The van der Waals surface area contributed by atoms with E-state index >= 15 is 0 Å². The van der Waals surface area contributed by atoms with Crippen molar-refractivity contribution in [3.8, 4) is 11.3 Å². The number of aromatic nitrogens is 1. The number of carboxylic acid groups (broad SMARTS) is 1. The van der Waals surface area contributed by atoms with Gasteiger partial charge in [-0.3, -0.25) is 9.59 Å². The van der Waals surface area contributed by atoms with Crippen molar-refractivity contribution in [2.45, 2.75) is 6.42 Å². The summed E-state index contributed by atoms with van der Waals surface area (Å²) in [5.74, 6) is -1.89. The summed E-state index contributed by atoms with van der Waals surface area (Å²) in [5, 5.41) is 12.8. The molecule has 0 aliphatic heterocycles. The number of carboxylic acids is 1. The fraction of sp³-hybridized carbons (Fsp3) is 0.0833. The molecule has 0 atom stereocenters. The zero-order chi connectivity index (χ0) is 13.1. The molecule has 0 saturated carbocycles. The van der Waals surface area contributed by atoms with Crippen LogP contribution in [-0.2, 0) is 4.79 Å². The number of Topliss-reactive ketones (excluding diaryl/α,β-unsaturated/α-hetero) is 1. The third kappa shape index (κ3) is 2.75. The van der Waals surface area contributed by atoms with Crippen molar-refractivity contribution in [1.29, 1.82) is 0 Å². The van der Waals surface area contributed by atoms with Crippen molar-refractivity contribution in [2.24, 2.45) is 0 Å². The molecule has 0 aliphatic carbocycles. The largest absolute Gasteiger partial charge is 0.481 e. The third-order valence-electron chi connectivity index (χ3n) is 2.24. The van der Waals surface area contributed by atoms with Crippen LogP contribution in [0.4, 0.5) is 0 Å². The normalized spacial score (nSPS) is 10.3. The number of carbonyl (C=O) groups excluding carboxylic acids is 1. The first-order valence-corrected chi connectivity index (χ1v) is 5.41. The van der Waals surface area contributed by atoms with E-state index in [1.165, 1.54) is 6.07 Å². The van der Waals surface area contributed by atoms with E-state index in [2.05, 4.69) is 5.16 Å². The van der Waals surface area contributed by atoms with E-state index in [9.17, 15) is 9.59 Å². The molecule has 0 amide bonds. The highest BCUT2D eigenvalue weighted by molar-refractivity contribution is 6.30. The average molecular weight is 266 g/mol. The van der Waals surface area contributed by atoms with E-state index < -0.39 is 18.2 Å². The van der Waals surface area contributed by atoms with Crippen molar-refractivity contribution in [3.05, 3.63) is 41.1 Å². The lowest BCUT2D eigenvalue weighted by Gasteiger charge is -1.94. The predicted octanol–water partition coefficient (Wildman–Crippen LogP) is 2.65. The lowest BCUT2D eigenvalue weighted by atomic mass is 10.1. The maximum Gasteiger partial charge on any atom is 0.311 e. The topological polar surface area (TPSA) is 80.4 Å². The van der Waals surface area contributed by atoms with Crippen molar-refractivity contribution in [1.82, 2.24) is 5.16 Å². The van der Waals surface area contributed by atoms with E-state index in [0.29, 0.717) is 10.7 Å². The van der Waals surface area contributed by atoms with Gasteiger partial charge in [0.1, 0.15) is 12.1 Å². The highest BCUT2D eigenvalue weighted by Crippen LogP contribution is 2.21. The maximum absolute atomic E-state index is 11.4. The lowest BCUT2D eigenvalue weighted by molar-refractivity contribution is -0.135. The molecule has 2 aromatic rings. The number of benzene rings is 1. The van der Waals surface area contributed by atoms with Crippen LogP contribution in [0.3, 0.4) is 0 Å². The number of aliphatic carboxylic acids is 1. The van der Waals surface area contributed by atoms with Gasteiger partial charge < -0.3 is 9.63 Å². The summed E-state index contributed by atoms with van der Waals surface area (Å²) in [4.78, 5) is 21.8. The van der Waals surface area contributed by atoms with Gasteiger partial charge in [-0.1, -0.05) is 28.9 Å². The first kappa shape index (κ1) is 12.3. The number of halogens is 1. The van der Waals surface area contributed by atoms with Gasteiger partial charge in [0.05, 0.1) is 0 Å². The van der Waals surface area contributed by atoms with E-state index in [1.54, 1.807) is 24.3 Å². The molecule has 0 aliphatic rings. The van der Waals surface area contributed by atoms with Gasteiger partial charge in [0, 0.05) is 16.7 Å². The summed E-state index contributed by atoms with van der Waals surface area (Å²) in [7, 11) is 0. The fourth-order valence-electron chi connectivity index (χ4n) is 1.39. The molecule has 6 heteroatoms. The summed E-state index contributed by atoms with van der Waals surface area (Å²) < 4.78 is 4.82. The van der Waals surface area contributed by atoms with Crippen LogP contribution in [-0.4, -0.2) is 22.0 Å². The van der Waals surface area contributed by atoms with Gasteiger partial charge in [-0.2, -0.15) is 0 Å². The lowest BCUT2D eigenvalue weighted by Crippen LogP contribution is -2.05. The smallest absolute Gasteiger partial charge is 0.311 e. The summed E-state index contributed by atoms with van der Waals surface area (Å²) >= 11 is 5.75. The highest BCUT2D eigenvalue weighted by Gasteiger charge is 2.16. The van der Waals surface area contributed by atoms with Crippen molar-refractivity contribution in [3.63, 3.8) is 0 Å². The minimum atomic E-state index is -1.20. The Hall–Kier alpha value is -2.14. The molecule has 0 radical (unpaired) electrons. The minimum absolute atomic E-state index is 0.0673. The van der Waals surface area contributed by atoms with E-state index in [4.69, 9.17) is 21.2 Å². The minimum Gasteiger partial charge on any atom is -0.481 e. The number of rotatable bonds is 4. The van der Waals surface area contributed by atoms with Crippen LogP contribution >= 0.6 is 11.6 Å². The summed E-state index contributed by atoms with van der Waals surface area (Å²) in [6, 6.07) is 8.24. The average Bonchev–Trinajstić information content (AvgIpc) is 2.78. The Morgan fingerprint density at radius 1 is 1.28 bits per heavy atom. The van der Waals surface area contributed by atoms with Gasteiger partial charge in [-0.25, -0.2) is 0 Å². The predicted molar refractivity (Wildman–Crippen MR) is 63.5 cm³/mol. The molecule has 18 heavy (non-hydrogen) atoms. The number of ketones is 1. The Morgan fingerprint density at radius 3 is 2.56 bits per heavy atom. The second-order valence-electron chi connectivity index (χ2n) is 3.58. The molecule has 1 heterocycles. The molecule has 92 valence electrons. The third-order valence-corrected chi connectivity index (χ3v) is 2.49. The quantitative estimate of drug-likeness (QED) is 0.679. The van der Waals surface area contributed by atoms with Gasteiger partial charge in [-0.05, 0) is 12.1 Å². The van der Waals surface area contributed by atoms with E-state index in [-0.39, 0.29) is 5.76 Å². The van der Waals surface area contributed by atoms with Gasteiger partial charge in [0.25, 0.3) is 0 Å². The molecule has 1 N–H and O–H groups in total. The standard InChI is InChI=1S/C12H8ClNO4/c13-8-3-1-7(2-4-8)9-5-11(18-14-9)10(15)6-12(16)17/h1-5H,6H2,(H,16,17). The summed E-state index contributed by atoms with van der Waals surface area (Å²) in [5.41, 5.74) is 1.19. The van der Waals surface area contributed by atoms with Crippen LogP contribution < -0.4 is 0 Å². The molecular formula is C12H8ClNO4. The Balaban J connectivity index is 2.22. The summed E-state index contributed by atoms with van der Waals surface area (Å²) in [6.07, 6.45) is -0.616. The van der Waals surface area contributed by atoms with Crippen molar-refractivity contribution in [2.75, 3.05) is 0 Å². The van der Waals surface area contributed by atoms with Crippen LogP contribution in [0.15, 0.2) is 34.9 Å². The van der Waals surface area contributed by atoms with Crippen LogP contribution in [0.5, 0.6) is 0 Å². The second-order valence-corrected chi connectivity index (χ2v) is 4.01. The number of carbonyl (C=O) groups is 2.